The number of hydrogen-bond acceptors (Lipinski definition) is 4. The zero-order chi connectivity index (χ0) is 18.1. The van der Waals surface area contributed by atoms with Gasteiger partial charge in [-0.3, -0.25) is 9.13 Å². The summed E-state index contributed by atoms with van der Waals surface area (Å²) in [5.74, 6) is -0.445. The molecule has 0 aliphatic carbocycles. The van der Waals surface area contributed by atoms with Crippen LogP contribution in [0.5, 0.6) is 0 Å². The molecule has 2 heterocycles. The van der Waals surface area contributed by atoms with Gasteiger partial charge in [-0.25, -0.2) is 9.18 Å². The topological polar surface area (TPSA) is 78.7 Å². The van der Waals surface area contributed by atoms with Gasteiger partial charge in [0.25, 0.3) is 0 Å². The average molecular weight is 429 g/mol. The standard InChI is InChI=1S/C16H16BrClFN5O/c1-2-3-6-23-12-13(18)21-15(20)22-14(12)24(16(23)25)8-9-4-5-10(17)7-11(9)19/h4-5,7H,2-3,6,8H2,1H3,(H2,20,21,22). The molecule has 2 aromatic heterocycles. The van der Waals surface area contributed by atoms with Crippen LogP contribution >= 0.6 is 27.5 Å². The molecule has 1 aromatic carbocycles. The van der Waals surface area contributed by atoms with Crippen molar-refractivity contribution in [3.05, 3.63) is 49.7 Å². The quantitative estimate of drug-likeness (QED) is 0.630. The van der Waals surface area contributed by atoms with E-state index in [9.17, 15) is 9.18 Å². The number of fused-ring (bicyclic) bond motifs is 1. The highest BCUT2D eigenvalue weighted by molar-refractivity contribution is 9.10. The Balaban J connectivity index is 2.20. The smallest absolute Gasteiger partial charge is 0.330 e. The van der Waals surface area contributed by atoms with Gasteiger partial charge >= 0.3 is 5.69 Å². The fourth-order valence-corrected chi connectivity index (χ4v) is 3.28. The van der Waals surface area contributed by atoms with Gasteiger partial charge in [-0.15, -0.1) is 0 Å². The summed E-state index contributed by atoms with van der Waals surface area (Å²) in [5.41, 5.74) is 6.47. The Kier molecular flexibility index (Phi) is 5.10. The van der Waals surface area contributed by atoms with Crippen molar-refractivity contribution < 1.29 is 4.39 Å². The summed E-state index contributed by atoms with van der Waals surface area (Å²) in [6, 6.07) is 4.69. The predicted molar refractivity (Wildman–Crippen MR) is 99.3 cm³/mol. The second-order valence-corrected chi connectivity index (χ2v) is 6.93. The van der Waals surface area contributed by atoms with E-state index in [-0.39, 0.29) is 23.3 Å². The van der Waals surface area contributed by atoms with Crippen LogP contribution in [0.15, 0.2) is 27.5 Å². The van der Waals surface area contributed by atoms with Gasteiger partial charge in [0.2, 0.25) is 5.95 Å². The molecule has 3 aromatic rings. The minimum Gasteiger partial charge on any atom is -0.368 e. The first-order valence-corrected chi connectivity index (χ1v) is 8.95. The second-order valence-electron chi connectivity index (χ2n) is 5.65. The molecule has 0 aliphatic heterocycles. The summed E-state index contributed by atoms with van der Waals surface area (Å²) in [5, 5.41) is 0.116. The number of hydrogen-bond donors (Lipinski definition) is 1. The van der Waals surface area contributed by atoms with E-state index >= 15 is 0 Å². The molecule has 0 amide bonds. The molecular formula is C16H16BrClFN5O. The van der Waals surface area contributed by atoms with E-state index in [1.807, 2.05) is 6.92 Å². The second kappa shape index (κ2) is 7.13. The lowest BCUT2D eigenvalue weighted by atomic mass is 10.2. The number of imidazole rings is 1. The van der Waals surface area contributed by atoms with Crippen molar-refractivity contribution in [2.45, 2.75) is 32.9 Å². The fraction of sp³-hybridized carbons (Fsp3) is 0.312. The van der Waals surface area contributed by atoms with Crippen molar-refractivity contribution in [3.8, 4) is 0 Å². The lowest BCUT2D eigenvalue weighted by Crippen LogP contribution is -2.25. The molecule has 3 rings (SSSR count). The SMILES string of the molecule is CCCCn1c(=O)n(Cc2ccc(Br)cc2F)c2nc(N)nc(Cl)c21. The van der Waals surface area contributed by atoms with E-state index in [2.05, 4.69) is 25.9 Å². The third-order valence-corrected chi connectivity index (χ3v) is 4.66. The number of nitrogen functional groups attached to an aromatic ring is 1. The van der Waals surface area contributed by atoms with E-state index in [0.717, 1.165) is 12.8 Å². The van der Waals surface area contributed by atoms with Crippen molar-refractivity contribution >= 4 is 44.6 Å². The van der Waals surface area contributed by atoms with Crippen LogP contribution in [0.1, 0.15) is 25.3 Å². The first-order chi connectivity index (χ1) is 11.9. The monoisotopic (exact) mass is 427 g/mol. The molecule has 0 unspecified atom stereocenters. The summed E-state index contributed by atoms with van der Waals surface area (Å²) in [6.07, 6.45) is 1.71. The molecular weight excluding hydrogens is 413 g/mol. The molecule has 6 nitrogen and oxygen atoms in total. The molecule has 0 aliphatic rings. The summed E-state index contributed by atoms with van der Waals surface area (Å²) in [6.45, 7) is 2.53. The first kappa shape index (κ1) is 17.9. The zero-order valence-corrected chi connectivity index (χ0v) is 15.8. The largest absolute Gasteiger partial charge is 0.368 e. The van der Waals surface area contributed by atoms with Crippen LogP contribution in [0.25, 0.3) is 11.2 Å². The molecule has 25 heavy (non-hydrogen) atoms. The number of benzene rings is 1. The summed E-state index contributed by atoms with van der Waals surface area (Å²) in [4.78, 5) is 21.0. The maximum atomic E-state index is 14.2. The van der Waals surface area contributed by atoms with Gasteiger partial charge in [0.1, 0.15) is 11.3 Å². The maximum absolute atomic E-state index is 14.2. The van der Waals surface area contributed by atoms with E-state index in [1.54, 1.807) is 12.1 Å². The molecule has 0 spiro atoms. The van der Waals surface area contributed by atoms with Crippen LogP contribution in [0.3, 0.4) is 0 Å². The molecule has 132 valence electrons. The van der Waals surface area contributed by atoms with Gasteiger partial charge in [-0.2, -0.15) is 9.97 Å². The van der Waals surface area contributed by atoms with Crippen molar-refractivity contribution in [1.82, 2.24) is 19.1 Å². The molecule has 9 heteroatoms. The predicted octanol–water partition coefficient (Wildman–Crippen LogP) is 3.58. The van der Waals surface area contributed by atoms with Gasteiger partial charge in [0, 0.05) is 16.6 Å². The number of anilines is 1. The Bertz CT molecular complexity index is 1000. The lowest BCUT2D eigenvalue weighted by molar-refractivity contribution is 0.582. The van der Waals surface area contributed by atoms with Crippen LogP contribution in [-0.4, -0.2) is 19.1 Å². The summed E-state index contributed by atoms with van der Waals surface area (Å²) >= 11 is 9.42. The fourth-order valence-electron chi connectivity index (χ4n) is 2.67. The molecule has 0 bridgehead atoms. The van der Waals surface area contributed by atoms with Gasteiger partial charge in [0.05, 0.1) is 6.54 Å². The Hall–Kier alpha value is -1.93. The highest BCUT2D eigenvalue weighted by Crippen LogP contribution is 2.23. The lowest BCUT2D eigenvalue weighted by Gasteiger charge is -2.05. The molecule has 0 saturated carbocycles. The molecule has 2 N–H and O–H groups in total. The van der Waals surface area contributed by atoms with E-state index < -0.39 is 5.82 Å². The molecule has 0 radical (unpaired) electrons. The van der Waals surface area contributed by atoms with Crippen LogP contribution in [0, 0.1) is 5.82 Å². The van der Waals surface area contributed by atoms with E-state index in [0.29, 0.717) is 27.7 Å². The summed E-state index contributed by atoms with van der Waals surface area (Å²) < 4.78 is 17.7. The van der Waals surface area contributed by atoms with Crippen LogP contribution in [-0.2, 0) is 13.1 Å². The highest BCUT2D eigenvalue weighted by atomic mass is 79.9. The number of halogens is 3. The zero-order valence-electron chi connectivity index (χ0n) is 13.5. The Morgan fingerprint density at radius 2 is 2.08 bits per heavy atom. The minimum absolute atomic E-state index is 0.0281. The number of rotatable bonds is 5. The number of aromatic nitrogens is 4. The normalized spacial score (nSPS) is 11.4. The number of unbranched alkanes of at least 4 members (excludes halogenated alkanes) is 1. The Morgan fingerprint density at radius 1 is 1.32 bits per heavy atom. The molecule has 0 saturated heterocycles. The summed E-state index contributed by atoms with van der Waals surface area (Å²) in [7, 11) is 0. The number of aryl methyl sites for hydroxylation is 1. The van der Waals surface area contributed by atoms with Gasteiger partial charge in [-0.1, -0.05) is 46.9 Å². The van der Waals surface area contributed by atoms with E-state index in [1.165, 1.54) is 15.2 Å². The Labute approximate surface area is 156 Å². The molecule has 0 atom stereocenters. The van der Waals surface area contributed by atoms with Crippen molar-refractivity contribution in [2.75, 3.05) is 5.73 Å². The maximum Gasteiger partial charge on any atom is 0.330 e. The first-order valence-electron chi connectivity index (χ1n) is 7.78. The average Bonchev–Trinajstić information content (AvgIpc) is 2.80. The Morgan fingerprint density at radius 3 is 2.76 bits per heavy atom. The van der Waals surface area contributed by atoms with Crippen LogP contribution < -0.4 is 11.4 Å². The van der Waals surface area contributed by atoms with Crippen molar-refractivity contribution in [2.24, 2.45) is 0 Å². The third kappa shape index (κ3) is 3.41. The van der Waals surface area contributed by atoms with E-state index in [4.69, 9.17) is 17.3 Å². The van der Waals surface area contributed by atoms with Crippen LogP contribution in [0.2, 0.25) is 5.15 Å². The highest BCUT2D eigenvalue weighted by Gasteiger charge is 2.20. The van der Waals surface area contributed by atoms with Gasteiger partial charge in [0.15, 0.2) is 10.8 Å². The van der Waals surface area contributed by atoms with Crippen molar-refractivity contribution in [1.29, 1.82) is 0 Å². The van der Waals surface area contributed by atoms with Gasteiger partial charge < -0.3 is 5.73 Å². The number of nitrogens with two attached hydrogens (primary N) is 1. The van der Waals surface area contributed by atoms with Crippen molar-refractivity contribution in [3.63, 3.8) is 0 Å². The van der Waals surface area contributed by atoms with Gasteiger partial charge in [-0.05, 0) is 18.6 Å². The third-order valence-electron chi connectivity index (χ3n) is 3.91. The minimum atomic E-state index is -0.413. The van der Waals surface area contributed by atoms with Crippen LogP contribution in [0.4, 0.5) is 10.3 Å². The number of nitrogens with zero attached hydrogens (tertiary/aromatic N) is 4. The molecule has 0 fully saturated rings.